The molecule has 6 nitrogen and oxygen atoms in total. The summed E-state index contributed by atoms with van der Waals surface area (Å²) >= 11 is 0. The monoisotopic (exact) mass is 326 g/mol. The third-order valence-electron chi connectivity index (χ3n) is 4.30. The normalized spacial score (nSPS) is 16.3. The first-order chi connectivity index (χ1) is 11.6. The van der Waals surface area contributed by atoms with Gasteiger partial charge >= 0.3 is 0 Å². The number of hydrogen-bond donors (Lipinski definition) is 3. The van der Waals surface area contributed by atoms with Crippen molar-refractivity contribution in [3.63, 3.8) is 0 Å². The van der Waals surface area contributed by atoms with Gasteiger partial charge in [-0.15, -0.1) is 0 Å². The van der Waals surface area contributed by atoms with Gasteiger partial charge in [0.1, 0.15) is 0 Å². The molecular formula is C18H22N4O2. The second-order valence-electron chi connectivity index (χ2n) is 6.16. The second-order valence-corrected chi connectivity index (χ2v) is 6.16. The topological polar surface area (TPSA) is 86.9 Å². The fraction of sp³-hybridized carbons (Fsp3) is 0.389. The number of fused-ring (bicyclic) bond motifs is 1. The number of nitrogens with zero attached hydrogens (tertiary/aromatic N) is 1. The van der Waals surface area contributed by atoms with Crippen LogP contribution in [0.4, 0.5) is 5.95 Å². The van der Waals surface area contributed by atoms with Crippen LogP contribution in [0.1, 0.15) is 23.2 Å². The van der Waals surface area contributed by atoms with Gasteiger partial charge in [0.25, 0.3) is 5.56 Å². The minimum atomic E-state index is -0.185. The van der Waals surface area contributed by atoms with E-state index < -0.39 is 0 Å². The van der Waals surface area contributed by atoms with Crippen molar-refractivity contribution in [2.24, 2.45) is 5.92 Å². The summed E-state index contributed by atoms with van der Waals surface area (Å²) in [5.41, 5.74) is 3.11. The summed E-state index contributed by atoms with van der Waals surface area (Å²) < 4.78 is 0. The zero-order valence-corrected chi connectivity index (χ0v) is 13.8. The minimum Gasteiger partial charge on any atom is -0.354 e. The Labute approximate surface area is 140 Å². The van der Waals surface area contributed by atoms with Gasteiger partial charge in [-0.3, -0.25) is 14.6 Å². The highest BCUT2D eigenvalue weighted by molar-refractivity contribution is 5.79. The fourth-order valence-electron chi connectivity index (χ4n) is 3.10. The molecule has 1 aliphatic carbocycles. The highest BCUT2D eigenvalue weighted by atomic mass is 16.2. The number of hydrogen-bond acceptors (Lipinski definition) is 4. The Hall–Kier alpha value is -2.63. The van der Waals surface area contributed by atoms with E-state index in [4.69, 9.17) is 0 Å². The molecule has 1 aromatic heterocycles. The van der Waals surface area contributed by atoms with Gasteiger partial charge < -0.3 is 10.6 Å². The Kier molecular flexibility index (Phi) is 4.93. The van der Waals surface area contributed by atoms with Crippen molar-refractivity contribution in [2.75, 3.05) is 18.4 Å². The van der Waals surface area contributed by atoms with E-state index in [1.807, 2.05) is 6.07 Å². The van der Waals surface area contributed by atoms with Crippen LogP contribution in [0.3, 0.4) is 0 Å². The van der Waals surface area contributed by atoms with Crippen LogP contribution in [-0.4, -0.2) is 29.0 Å². The molecule has 2 aromatic rings. The van der Waals surface area contributed by atoms with Gasteiger partial charge in [0, 0.05) is 30.8 Å². The first-order valence-corrected chi connectivity index (χ1v) is 8.28. The minimum absolute atomic E-state index is 0.0387. The van der Waals surface area contributed by atoms with Gasteiger partial charge in [-0.2, -0.15) is 0 Å². The van der Waals surface area contributed by atoms with Crippen LogP contribution in [-0.2, 0) is 17.6 Å². The predicted molar refractivity (Wildman–Crippen MR) is 93.1 cm³/mol. The quantitative estimate of drug-likeness (QED) is 0.725. The van der Waals surface area contributed by atoms with Crippen molar-refractivity contribution < 1.29 is 4.79 Å². The van der Waals surface area contributed by atoms with Crippen LogP contribution in [0.15, 0.2) is 35.1 Å². The second kappa shape index (κ2) is 7.29. The van der Waals surface area contributed by atoms with Crippen LogP contribution in [0.5, 0.6) is 0 Å². The third-order valence-corrected chi connectivity index (χ3v) is 4.30. The number of aromatic amines is 1. The zero-order chi connectivity index (χ0) is 16.9. The van der Waals surface area contributed by atoms with Crippen molar-refractivity contribution in [2.45, 2.75) is 26.2 Å². The number of anilines is 1. The number of carbonyl (C=O) groups excluding carboxylic acids is 1. The Morgan fingerprint density at radius 1 is 1.29 bits per heavy atom. The maximum atomic E-state index is 12.3. The average Bonchev–Trinajstić information content (AvgIpc) is 2.57. The lowest BCUT2D eigenvalue weighted by Gasteiger charge is -2.23. The highest BCUT2D eigenvalue weighted by Gasteiger charge is 2.23. The van der Waals surface area contributed by atoms with E-state index in [2.05, 4.69) is 38.8 Å². The van der Waals surface area contributed by atoms with Crippen LogP contribution in [0.2, 0.25) is 0 Å². The van der Waals surface area contributed by atoms with Crippen molar-refractivity contribution in [3.8, 4) is 0 Å². The molecule has 0 bridgehead atoms. The van der Waals surface area contributed by atoms with E-state index in [-0.39, 0.29) is 17.4 Å². The summed E-state index contributed by atoms with van der Waals surface area (Å²) in [4.78, 5) is 30.5. The van der Waals surface area contributed by atoms with Gasteiger partial charge in [0.05, 0.1) is 0 Å². The van der Waals surface area contributed by atoms with Crippen molar-refractivity contribution in [1.29, 1.82) is 0 Å². The molecule has 0 saturated carbocycles. The number of rotatable bonds is 5. The van der Waals surface area contributed by atoms with E-state index in [1.54, 1.807) is 6.92 Å². The molecule has 0 unspecified atom stereocenters. The maximum Gasteiger partial charge on any atom is 0.252 e. The zero-order valence-electron chi connectivity index (χ0n) is 13.8. The predicted octanol–water partition coefficient (Wildman–Crippen LogP) is 1.41. The molecule has 0 saturated heterocycles. The molecule has 1 atom stereocenters. The van der Waals surface area contributed by atoms with E-state index in [0.29, 0.717) is 24.7 Å². The van der Waals surface area contributed by atoms with Gasteiger partial charge in [-0.25, -0.2) is 4.98 Å². The van der Waals surface area contributed by atoms with Crippen LogP contribution in [0, 0.1) is 12.8 Å². The Balaban J connectivity index is 1.45. The molecule has 3 rings (SSSR count). The number of carbonyl (C=O) groups is 1. The summed E-state index contributed by atoms with van der Waals surface area (Å²) in [5, 5.41) is 5.98. The van der Waals surface area contributed by atoms with Gasteiger partial charge in [-0.1, -0.05) is 24.3 Å². The Morgan fingerprint density at radius 3 is 2.88 bits per heavy atom. The Bertz CT molecular complexity index is 785. The molecule has 126 valence electrons. The van der Waals surface area contributed by atoms with E-state index in [1.165, 1.54) is 17.2 Å². The number of aryl methyl sites for hydroxylation is 2. The van der Waals surface area contributed by atoms with E-state index >= 15 is 0 Å². The lowest BCUT2D eigenvalue weighted by atomic mass is 9.83. The molecule has 0 spiro atoms. The van der Waals surface area contributed by atoms with Crippen LogP contribution < -0.4 is 16.2 Å². The smallest absolute Gasteiger partial charge is 0.252 e. The fourth-order valence-corrected chi connectivity index (χ4v) is 3.10. The largest absolute Gasteiger partial charge is 0.354 e. The van der Waals surface area contributed by atoms with Crippen LogP contribution >= 0.6 is 0 Å². The molecule has 0 radical (unpaired) electrons. The molecule has 24 heavy (non-hydrogen) atoms. The lowest BCUT2D eigenvalue weighted by Crippen LogP contribution is -2.36. The highest BCUT2D eigenvalue weighted by Crippen LogP contribution is 2.25. The maximum absolute atomic E-state index is 12.3. The van der Waals surface area contributed by atoms with E-state index in [9.17, 15) is 9.59 Å². The van der Waals surface area contributed by atoms with Gasteiger partial charge in [0.15, 0.2) is 0 Å². The third kappa shape index (κ3) is 4.01. The molecule has 1 amide bonds. The first kappa shape index (κ1) is 16.2. The first-order valence-electron chi connectivity index (χ1n) is 8.28. The SMILES string of the molecule is Cc1cc(=O)[nH]c(NCCNC(=O)[C@@H]2CCc3ccccc3C2)n1. The number of H-pyrrole nitrogens is 1. The molecular weight excluding hydrogens is 304 g/mol. The number of nitrogens with one attached hydrogen (secondary N) is 3. The lowest BCUT2D eigenvalue weighted by molar-refractivity contribution is -0.125. The molecule has 3 N–H and O–H groups in total. The summed E-state index contributed by atoms with van der Waals surface area (Å²) in [7, 11) is 0. The van der Waals surface area contributed by atoms with Gasteiger partial charge in [0.2, 0.25) is 11.9 Å². The Morgan fingerprint density at radius 2 is 2.08 bits per heavy atom. The van der Waals surface area contributed by atoms with Crippen molar-refractivity contribution >= 4 is 11.9 Å². The molecule has 1 heterocycles. The molecule has 0 aliphatic heterocycles. The number of benzene rings is 1. The summed E-state index contributed by atoms with van der Waals surface area (Å²) in [5.74, 6) is 0.564. The average molecular weight is 326 g/mol. The number of amides is 1. The van der Waals surface area contributed by atoms with E-state index in [0.717, 1.165) is 19.3 Å². The van der Waals surface area contributed by atoms with Gasteiger partial charge in [-0.05, 0) is 37.3 Å². The van der Waals surface area contributed by atoms with Crippen molar-refractivity contribution in [1.82, 2.24) is 15.3 Å². The molecule has 1 aliphatic rings. The standard InChI is InChI=1S/C18H22N4O2/c1-12-10-16(23)22-18(21-12)20-9-8-19-17(24)15-7-6-13-4-2-3-5-14(13)11-15/h2-5,10,15H,6-9,11H2,1H3,(H,19,24)(H2,20,21,22,23)/t15-/m1/s1. The van der Waals surface area contributed by atoms with Crippen LogP contribution in [0.25, 0.3) is 0 Å². The molecule has 1 aromatic carbocycles. The van der Waals surface area contributed by atoms with Crippen molar-refractivity contribution in [3.05, 3.63) is 57.5 Å². The summed E-state index contributed by atoms with van der Waals surface area (Å²) in [6, 6.07) is 9.76. The summed E-state index contributed by atoms with van der Waals surface area (Å²) in [6.45, 7) is 2.78. The number of aromatic nitrogens is 2. The summed E-state index contributed by atoms with van der Waals surface area (Å²) in [6.07, 6.45) is 2.66. The molecule has 0 fully saturated rings. The molecule has 6 heteroatoms.